The van der Waals surface area contributed by atoms with Gasteiger partial charge in [0.25, 0.3) is 0 Å². The van der Waals surface area contributed by atoms with E-state index in [1.54, 1.807) is 11.3 Å². The van der Waals surface area contributed by atoms with E-state index in [-0.39, 0.29) is 0 Å². The zero-order valence-corrected chi connectivity index (χ0v) is 13.1. The first-order valence-corrected chi connectivity index (χ1v) is 8.88. The molecule has 2 saturated carbocycles. The second-order valence-electron chi connectivity index (χ2n) is 6.55. The number of hydrogen-bond acceptors (Lipinski definition) is 3. The van der Waals surface area contributed by atoms with E-state index in [1.807, 2.05) is 0 Å². The van der Waals surface area contributed by atoms with Gasteiger partial charge in [-0.1, -0.05) is 12.5 Å². The predicted molar refractivity (Wildman–Crippen MR) is 85.6 cm³/mol. The van der Waals surface area contributed by atoms with Crippen LogP contribution in [-0.4, -0.2) is 31.3 Å². The molecule has 0 bridgehead atoms. The van der Waals surface area contributed by atoms with Gasteiger partial charge in [0.15, 0.2) is 5.96 Å². The fraction of sp³-hybridized carbons (Fsp3) is 0.688. The van der Waals surface area contributed by atoms with Crippen molar-refractivity contribution < 1.29 is 4.74 Å². The largest absolute Gasteiger partial charge is 0.377 e. The number of hydrogen-bond donors (Lipinski definition) is 2. The van der Waals surface area contributed by atoms with E-state index in [2.05, 4.69) is 27.8 Å². The third kappa shape index (κ3) is 2.18. The third-order valence-corrected chi connectivity index (χ3v) is 6.50. The van der Waals surface area contributed by atoms with Gasteiger partial charge in [0.05, 0.1) is 6.10 Å². The van der Waals surface area contributed by atoms with Crippen molar-refractivity contribution in [2.24, 2.45) is 22.1 Å². The van der Waals surface area contributed by atoms with E-state index in [1.165, 1.54) is 30.6 Å². The molecular formula is C16H23N3OS. The van der Waals surface area contributed by atoms with Gasteiger partial charge in [-0.15, -0.1) is 11.3 Å². The van der Waals surface area contributed by atoms with Crippen molar-refractivity contribution in [2.45, 2.75) is 44.2 Å². The molecule has 2 heterocycles. The second kappa shape index (κ2) is 5.29. The molecule has 21 heavy (non-hydrogen) atoms. The highest BCUT2D eigenvalue weighted by Crippen LogP contribution is 2.62. The first kappa shape index (κ1) is 13.6. The van der Waals surface area contributed by atoms with Gasteiger partial charge in [-0.3, -0.25) is 4.99 Å². The first-order chi connectivity index (χ1) is 10.3. The highest BCUT2D eigenvalue weighted by Gasteiger charge is 2.66. The quantitative estimate of drug-likeness (QED) is 0.662. The van der Waals surface area contributed by atoms with Crippen molar-refractivity contribution in [1.82, 2.24) is 5.32 Å². The molecule has 4 nitrogen and oxygen atoms in total. The third-order valence-electron chi connectivity index (χ3n) is 5.56. The normalized spacial score (nSPS) is 33.3. The van der Waals surface area contributed by atoms with Crippen LogP contribution in [0.4, 0.5) is 0 Å². The Morgan fingerprint density at radius 2 is 2.43 bits per heavy atom. The summed E-state index contributed by atoms with van der Waals surface area (Å²) >= 11 is 1.78. The second-order valence-corrected chi connectivity index (χ2v) is 7.58. The number of nitrogens with one attached hydrogen (secondary N) is 1. The van der Waals surface area contributed by atoms with Crippen LogP contribution in [0.2, 0.25) is 0 Å². The molecule has 1 aromatic rings. The van der Waals surface area contributed by atoms with Crippen LogP contribution in [0.3, 0.4) is 0 Å². The van der Waals surface area contributed by atoms with E-state index >= 15 is 0 Å². The van der Waals surface area contributed by atoms with E-state index < -0.39 is 0 Å². The van der Waals surface area contributed by atoms with Gasteiger partial charge in [0.1, 0.15) is 0 Å². The van der Waals surface area contributed by atoms with E-state index in [0.717, 1.165) is 19.6 Å². The zero-order chi connectivity index (χ0) is 14.3. The number of guanidine groups is 1. The summed E-state index contributed by atoms with van der Waals surface area (Å²) in [6, 6.07) is 4.73. The smallest absolute Gasteiger partial charge is 0.188 e. The Kier molecular flexibility index (Phi) is 3.42. The molecule has 3 unspecified atom stereocenters. The average molecular weight is 305 g/mol. The molecule has 3 fully saturated rings. The molecule has 1 spiro atoms. The van der Waals surface area contributed by atoms with Crippen molar-refractivity contribution in [1.29, 1.82) is 0 Å². The van der Waals surface area contributed by atoms with Crippen molar-refractivity contribution in [3.63, 3.8) is 0 Å². The lowest BCUT2D eigenvalue weighted by atomic mass is 9.46. The number of aliphatic imine (C=N–C) groups is 1. The lowest BCUT2D eigenvalue weighted by Gasteiger charge is -2.63. The minimum atomic E-state index is 0.370. The number of thiophene rings is 1. The lowest BCUT2D eigenvalue weighted by Crippen LogP contribution is -2.72. The molecule has 114 valence electrons. The molecule has 0 radical (unpaired) electrons. The molecular weight excluding hydrogens is 282 g/mol. The molecule has 0 amide bonds. The minimum absolute atomic E-state index is 0.370. The Hall–Kier alpha value is -1.07. The molecule has 4 rings (SSSR count). The molecule has 0 aromatic carbocycles. The molecule has 1 aliphatic heterocycles. The van der Waals surface area contributed by atoms with Crippen molar-refractivity contribution in [3.8, 4) is 0 Å². The van der Waals surface area contributed by atoms with Gasteiger partial charge >= 0.3 is 0 Å². The molecule has 3 N–H and O–H groups in total. The maximum atomic E-state index is 6.11. The van der Waals surface area contributed by atoms with Crippen LogP contribution in [0.1, 0.15) is 30.6 Å². The number of nitrogens with two attached hydrogens (primary N) is 1. The van der Waals surface area contributed by atoms with Crippen LogP contribution in [0, 0.1) is 11.3 Å². The van der Waals surface area contributed by atoms with Crippen LogP contribution in [-0.2, 0) is 11.2 Å². The molecule has 2 aliphatic carbocycles. The molecule has 3 aliphatic rings. The van der Waals surface area contributed by atoms with Crippen LogP contribution in [0.5, 0.6) is 0 Å². The minimum Gasteiger partial charge on any atom is -0.377 e. The van der Waals surface area contributed by atoms with Crippen LogP contribution in [0.25, 0.3) is 0 Å². The van der Waals surface area contributed by atoms with Crippen LogP contribution in [0.15, 0.2) is 22.5 Å². The Bertz CT molecular complexity index is 524. The maximum Gasteiger partial charge on any atom is 0.188 e. The number of ether oxygens (including phenoxy) is 1. The summed E-state index contributed by atoms with van der Waals surface area (Å²) in [5.41, 5.74) is 6.48. The fourth-order valence-electron chi connectivity index (χ4n) is 4.40. The maximum absolute atomic E-state index is 6.11. The summed E-state index contributed by atoms with van der Waals surface area (Å²) in [5.74, 6) is 1.27. The first-order valence-electron chi connectivity index (χ1n) is 8.00. The van der Waals surface area contributed by atoms with Gasteiger partial charge < -0.3 is 15.8 Å². The number of fused-ring (bicyclic) bond motifs is 2. The highest BCUT2D eigenvalue weighted by atomic mass is 32.1. The standard InChI is InChI=1S/C16H23N3OS/c17-15(18-8-4-11-3-1-10-21-11)19-13-12-5-9-20-14(12)16(13)6-2-7-16/h1,3,10,12-14H,2,4-9H2,(H3,17,18,19). The predicted octanol–water partition coefficient (Wildman–Crippen LogP) is 2.15. The summed E-state index contributed by atoms with van der Waals surface area (Å²) in [4.78, 5) is 5.88. The molecule has 1 aromatic heterocycles. The average Bonchev–Trinajstić information content (AvgIpc) is 3.05. The van der Waals surface area contributed by atoms with Crippen molar-refractivity contribution >= 4 is 17.3 Å². The summed E-state index contributed by atoms with van der Waals surface area (Å²) in [7, 11) is 0. The fourth-order valence-corrected chi connectivity index (χ4v) is 5.10. The Morgan fingerprint density at radius 3 is 3.14 bits per heavy atom. The van der Waals surface area contributed by atoms with Gasteiger partial charge in [-0.2, -0.15) is 0 Å². The number of nitrogens with zero attached hydrogens (tertiary/aromatic N) is 1. The summed E-state index contributed by atoms with van der Waals surface area (Å²) < 4.78 is 5.93. The van der Waals surface area contributed by atoms with Gasteiger partial charge in [0.2, 0.25) is 0 Å². The summed E-state index contributed by atoms with van der Waals surface area (Å²) in [6.45, 7) is 1.69. The van der Waals surface area contributed by atoms with Crippen LogP contribution >= 0.6 is 11.3 Å². The topological polar surface area (TPSA) is 59.6 Å². The number of rotatable bonds is 4. The lowest BCUT2D eigenvalue weighted by molar-refractivity contribution is -0.171. The Morgan fingerprint density at radius 1 is 1.52 bits per heavy atom. The highest BCUT2D eigenvalue weighted by molar-refractivity contribution is 7.09. The Balaban J connectivity index is 1.34. The Labute approximate surface area is 129 Å². The summed E-state index contributed by atoms with van der Waals surface area (Å²) in [6.07, 6.45) is 6.54. The van der Waals surface area contributed by atoms with Crippen LogP contribution < -0.4 is 11.1 Å². The molecule has 3 atom stereocenters. The monoisotopic (exact) mass is 305 g/mol. The van der Waals surface area contributed by atoms with Crippen molar-refractivity contribution in [3.05, 3.63) is 22.4 Å². The van der Waals surface area contributed by atoms with E-state index in [9.17, 15) is 0 Å². The van der Waals surface area contributed by atoms with Crippen molar-refractivity contribution in [2.75, 3.05) is 13.2 Å². The van der Waals surface area contributed by atoms with Gasteiger partial charge in [-0.25, -0.2) is 0 Å². The SMILES string of the molecule is NC(=NCCc1cccs1)NC1C2CCOC2C12CCC2. The van der Waals surface area contributed by atoms with E-state index in [4.69, 9.17) is 10.5 Å². The zero-order valence-electron chi connectivity index (χ0n) is 12.3. The van der Waals surface area contributed by atoms with Gasteiger partial charge in [0, 0.05) is 41.8 Å². The van der Waals surface area contributed by atoms with Gasteiger partial charge in [-0.05, 0) is 30.7 Å². The van der Waals surface area contributed by atoms with E-state index in [0.29, 0.717) is 29.4 Å². The molecule has 5 heteroatoms. The molecule has 1 saturated heterocycles. The summed E-state index contributed by atoms with van der Waals surface area (Å²) in [5, 5.41) is 5.62.